The molecule has 0 saturated carbocycles. The van der Waals surface area contributed by atoms with Gasteiger partial charge >= 0.3 is 0 Å². The van der Waals surface area contributed by atoms with E-state index in [1.165, 1.54) is 32.4 Å². The Morgan fingerprint density at radius 1 is 1.15 bits per heavy atom. The molecule has 1 amide bonds. The van der Waals surface area contributed by atoms with Gasteiger partial charge in [0.2, 0.25) is 0 Å². The first-order valence-electron chi connectivity index (χ1n) is 10.1. The molecule has 0 unspecified atom stereocenters. The summed E-state index contributed by atoms with van der Waals surface area (Å²) in [5.41, 5.74) is 0. The van der Waals surface area contributed by atoms with Gasteiger partial charge in [0.25, 0.3) is 5.91 Å². The number of hydrogen-bond donors (Lipinski definition) is 0. The molecule has 0 spiro atoms. The third-order valence-corrected chi connectivity index (χ3v) is 6.15. The van der Waals surface area contributed by atoms with E-state index in [0.29, 0.717) is 29.9 Å². The number of nitrogens with zero attached hydrogens (tertiary/aromatic N) is 2. The van der Waals surface area contributed by atoms with E-state index in [1.54, 1.807) is 7.11 Å². The van der Waals surface area contributed by atoms with E-state index < -0.39 is 0 Å². The number of carbonyl (C=O) groups is 1. The minimum Gasteiger partial charge on any atom is -0.493 e. The molecule has 1 aromatic rings. The first-order valence-corrected chi connectivity index (χ1v) is 10.1. The Balaban J connectivity index is 1.29. The number of rotatable bonds is 6. The Labute approximate surface area is 161 Å². The van der Waals surface area contributed by atoms with E-state index in [1.807, 2.05) is 29.2 Å². The van der Waals surface area contributed by atoms with Crippen LogP contribution in [0.25, 0.3) is 0 Å². The molecule has 3 fully saturated rings. The van der Waals surface area contributed by atoms with Crippen molar-refractivity contribution < 1.29 is 19.0 Å². The van der Waals surface area contributed by atoms with Gasteiger partial charge in [-0.15, -0.1) is 0 Å². The molecule has 0 bridgehead atoms. The summed E-state index contributed by atoms with van der Waals surface area (Å²) in [6, 6.07) is 7.41. The van der Waals surface area contributed by atoms with E-state index >= 15 is 0 Å². The van der Waals surface area contributed by atoms with Gasteiger partial charge in [-0.1, -0.05) is 18.6 Å². The molecule has 3 saturated heterocycles. The van der Waals surface area contributed by atoms with Crippen LogP contribution in [-0.4, -0.2) is 74.9 Å². The lowest BCUT2D eigenvalue weighted by Crippen LogP contribution is -2.38. The van der Waals surface area contributed by atoms with Crippen molar-refractivity contribution in [2.75, 3.05) is 53.0 Å². The second-order valence-electron chi connectivity index (χ2n) is 7.90. The van der Waals surface area contributed by atoms with Gasteiger partial charge in [-0.3, -0.25) is 4.79 Å². The Morgan fingerprint density at radius 2 is 1.93 bits per heavy atom. The number of hydrogen-bond acceptors (Lipinski definition) is 5. The zero-order chi connectivity index (χ0) is 18.6. The van der Waals surface area contributed by atoms with Crippen molar-refractivity contribution >= 4 is 5.91 Å². The van der Waals surface area contributed by atoms with Crippen LogP contribution in [-0.2, 0) is 9.53 Å². The van der Waals surface area contributed by atoms with E-state index in [-0.39, 0.29) is 18.6 Å². The summed E-state index contributed by atoms with van der Waals surface area (Å²) in [4.78, 5) is 17.1. The van der Waals surface area contributed by atoms with Crippen LogP contribution in [0.2, 0.25) is 0 Å². The molecular formula is C21H30N2O4. The molecule has 6 nitrogen and oxygen atoms in total. The number of likely N-dealkylation sites (tertiary alicyclic amines) is 2. The highest BCUT2D eigenvalue weighted by atomic mass is 16.5. The number of carbonyl (C=O) groups excluding carboxylic acids is 1. The first-order chi connectivity index (χ1) is 13.2. The van der Waals surface area contributed by atoms with Gasteiger partial charge in [-0.2, -0.15) is 0 Å². The predicted octanol–water partition coefficient (Wildman–Crippen LogP) is 2.03. The van der Waals surface area contributed by atoms with Crippen LogP contribution in [0.15, 0.2) is 24.3 Å². The zero-order valence-corrected chi connectivity index (χ0v) is 16.1. The summed E-state index contributed by atoms with van der Waals surface area (Å²) in [5, 5.41) is 0. The number of methoxy groups -OCH3 is 1. The highest BCUT2D eigenvalue weighted by Gasteiger charge is 2.45. The second-order valence-corrected chi connectivity index (χ2v) is 7.90. The quantitative estimate of drug-likeness (QED) is 0.763. The highest BCUT2D eigenvalue weighted by Crippen LogP contribution is 2.35. The van der Waals surface area contributed by atoms with Gasteiger partial charge in [-0.05, 0) is 38.1 Å². The van der Waals surface area contributed by atoms with Crippen molar-refractivity contribution in [3.8, 4) is 11.5 Å². The number of para-hydroxylation sites is 2. The second kappa shape index (κ2) is 8.48. The molecular weight excluding hydrogens is 344 g/mol. The predicted molar refractivity (Wildman–Crippen MR) is 102 cm³/mol. The Morgan fingerprint density at radius 3 is 2.70 bits per heavy atom. The zero-order valence-electron chi connectivity index (χ0n) is 16.1. The average Bonchev–Trinajstić information content (AvgIpc) is 3.29. The van der Waals surface area contributed by atoms with Gasteiger partial charge in [-0.25, -0.2) is 0 Å². The Bertz CT molecular complexity index is 647. The number of ether oxygens (including phenoxy) is 3. The van der Waals surface area contributed by atoms with Crippen LogP contribution < -0.4 is 9.47 Å². The van der Waals surface area contributed by atoms with Crippen molar-refractivity contribution in [3.63, 3.8) is 0 Å². The molecule has 27 heavy (non-hydrogen) atoms. The molecule has 3 aliphatic heterocycles. The van der Waals surface area contributed by atoms with Crippen LogP contribution in [0.3, 0.4) is 0 Å². The van der Waals surface area contributed by atoms with E-state index in [2.05, 4.69) is 4.90 Å². The summed E-state index contributed by atoms with van der Waals surface area (Å²) in [6.07, 6.45) is 4.17. The lowest BCUT2D eigenvalue weighted by Gasteiger charge is -2.30. The van der Waals surface area contributed by atoms with Gasteiger partial charge < -0.3 is 24.0 Å². The SMILES string of the molecule is COc1ccccc1OCC(=O)N1C[C@H]2[C@@H](CN3CCCCC3)CO[C@H]2C1. The molecule has 0 N–H and O–H groups in total. The van der Waals surface area contributed by atoms with E-state index in [0.717, 1.165) is 19.7 Å². The molecule has 6 heteroatoms. The van der Waals surface area contributed by atoms with Gasteiger partial charge in [0.05, 0.1) is 19.8 Å². The van der Waals surface area contributed by atoms with Gasteiger partial charge in [0.15, 0.2) is 18.1 Å². The summed E-state index contributed by atoms with van der Waals surface area (Å²) >= 11 is 0. The summed E-state index contributed by atoms with van der Waals surface area (Å²) in [6.45, 7) is 5.89. The van der Waals surface area contributed by atoms with Crippen LogP contribution >= 0.6 is 0 Å². The van der Waals surface area contributed by atoms with Crippen molar-refractivity contribution in [1.29, 1.82) is 0 Å². The number of piperidine rings is 1. The maximum atomic E-state index is 12.6. The molecule has 1 aromatic carbocycles. The molecule has 3 heterocycles. The van der Waals surface area contributed by atoms with Crippen LogP contribution in [0.4, 0.5) is 0 Å². The van der Waals surface area contributed by atoms with Crippen LogP contribution in [0, 0.1) is 11.8 Å². The number of amides is 1. The normalized spacial score (nSPS) is 28.2. The smallest absolute Gasteiger partial charge is 0.260 e. The summed E-state index contributed by atoms with van der Waals surface area (Å²) in [7, 11) is 1.60. The molecule has 0 aromatic heterocycles. The molecule has 0 radical (unpaired) electrons. The largest absolute Gasteiger partial charge is 0.493 e. The minimum absolute atomic E-state index is 0.0237. The molecule has 0 aliphatic carbocycles. The lowest BCUT2D eigenvalue weighted by molar-refractivity contribution is -0.133. The third kappa shape index (κ3) is 4.22. The van der Waals surface area contributed by atoms with Crippen molar-refractivity contribution in [1.82, 2.24) is 9.80 Å². The Hall–Kier alpha value is -1.79. The first kappa shape index (κ1) is 18.6. The highest BCUT2D eigenvalue weighted by molar-refractivity contribution is 5.78. The van der Waals surface area contributed by atoms with Crippen molar-refractivity contribution in [2.45, 2.75) is 25.4 Å². The fraction of sp³-hybridized carbons (Fsp3) is 0.667. The monoisotopic (exact) mass is 374 g/mol. The summed E-state index contributed by atoms with van der Waals surface area (Å²) in [5.74, 6) is 2.28. The van der Waals surface area contributed by atoms with Gasteiger partial charge in [0.1, 0.15) is 0 Å². The number of benzene rings is 1. The maximum Gasteiger partial charge on any atom is 0.260 e. The van der Waals surface area contributed by atoms with Crippen molar-refractivity contribution in [3.05, 3.63) is 24.3 Å². The van der Waals surface area contributed by atoms with E-state index in [4.69, 9.17) is 14.2 Å². The molecule has 3 aliphatic rings. The van der Waals surface area contributed by atoms with Crippen LogP contribution in [0.5, 0.6) is 11.5 Å². The summed E-state index contributed by atoms with van der Waals surface area (Å²) < 4.78 is 17.0. The molecule has 4 rings (SSSR count). The minimum atomic E-state index is 0.0237. The fourth-order valence-corrected chi connectivity index (χ4v) is 4.63. The van der Waals surface area contributed by atoms with Gasteiger partial charge in [0, 0.05) is 31.5 Å². The van der Waals surface area contributed by atoms with Crippen LogP contribution in [0.1, 0.15) is 19.3 Å². The molecule has 148 valence electrons. The van der Waals surface area contributed by atoms with E-state index in [9.17, 15) is 4.79 Å². The average molecular weight is 374 g/mol. The third-order valence-electron chi connectivity index (χ3n) is 6.15. The maximum absolute atomic E-state index is 12.6. The fourth-order valence-electron chi connectivity index (χ4n) is 4.63. The topological polar surface area (TPSA) is 51.2 Å². The number of fused-ring (bicyclic) bond motifs is 1. The lowest BCUT2D eigenvalue weighted by atomic mass is 9.92. The molecule has 3 atom stereocenters. The Kier molecular flexibility index (Phi) is 5.83. The standard InChI is InChI=1S/C21H30N2O4/c1-25-18-7-3-4-8-19(18)27-15-21(24)23-12-17-16(14-26-20(17)13-23)11-22-9-5-2-6-10-22/h3-4,7-8,16-17,20H,2,5-6,9-15H2,1H3/t16-,17-,20-/m0/s1. The van der Waals surface area contributed by atoms with Crippen molar-refractivity contribution in [2.24, 2.45) is 11.8 Å².